The molecule has 1 unspecified atom stereocenters. The molecule has 3 heteroatoms. The molecule has 1 atom stereocenters. The number of benzene rings is 1. The molecular weight excluding hydrogens is 258 g/mol. The molecule has 0 aliphatic heterocycles. The zero-order valence-corrected chi connectivity index (χ0v) is 13.0. The van der Waals surface area contributed by atoms with Crippen molar-refractivity contribution in [2.45, 2.75) is 39.2 Å². The Morgan fingerprint density at radius 2 is 1.81 bits per heavy atom. The van der Waals surface area contributed by atoms with Crippen LogP contribution in [0.5, 0.6) is 0 Å². The minimum absolute atomic E-state index is 0.241. The Hall–Kier alpha value is -1.71. The predicted molar refractivity (Wildman–Crippen MR) is 88.8 cm³/mol. The molecule has 0 radical (unpaired) electrons. The van der Waals surface area contributed by atoms with Crippen LogP contribution < -0.4 is 10.9 Å². The molecule has 2 rings (SSSR count). The lowest BCUT2D eigenvalue weighted by Crippen LogP contribution is -2.36. The van der Waals surface area contributed by atoms with Crippen LogP contribution in [0.3, 0.4) is 0 Å². The summed E-state index contributed by atoms with van der Waals surface area (Å²) in [4.78, 5) is 4.81. The minimum Gasteiger partial charge on any atom is -0.257 e. The van der Waals surface area contributed by atoms with Gasteiger partial charge >= 0.3 is 0 Å². The van der Waals surface area contributed by atoms with Gasteiger partial charge in [-0.2, -0.15) is 0 Å². The molecule has 0 bridgehead atoms. The average Bonchev–Trinajstić information content (AvgIpc) is 2.56. The molecule has 0 fully saturated rings. The van der Waals surface area contributed by atoms with Crippen LogP contribution >= 0.6 is 0 Å². The van der Waals surface area contributed by atoms with Gasteiger partial charge < -0.3 is 0 Å². The molecular formula is C18H25N3. The van der Waals surface area contributed by atoms with Crippen molar-refractivity contribution >= 4 is 0 Å². The molecule has 2 aromatic rings. The lowest BCUT2D eigenvalue weighted by Gasteiger charge is -2.18. The molecule has 112 valence electrons. The van der Waals surface area contributed by atoms with Crippen molar-refractivity contribution < 1.29 is 0 Å². The second kappa shape index (κ2) is 8.55. The van der Waals surface area contributed by atoms with Gasteiger partial charge in [-0.3, -0.25) is 10.4 Å². The van der Waals surface area contributed by atoms with E-state index in [-0.39, 0.29) is 6.04 Å². The fourth-order valence-corrected chi connectivity index (χ4v) is 2.26. The number of unbranched alkanes of at least 4 members (excludes halogenated alkanes) is 1. The van der Waals surface area contributed by atoms with Gasteiger partial charge in [0.2, 0.25) is 0 Å². The Labute approximate surface area is 127 Å². The summed E-state index contributed by atoms with van der Waals surface area (Å²) in [7, 11) is 0. The van der Waals surface area contributed by atoms with Crippen molar-refractivity contribution in [3.05, 3.63) is 54.2 Å². The van der Waals surface area contributed by atoms with E-state index in [1.165, 1.54) is 12.8 Å². The van der Waals surface area contributed by atoms with E-state index >= 15 is 0 Å². The first-order valence-electron chi connectivity index (χ1n) is 7.86. The van der Waals surface area contributed by atoms with Crippen molar-refractivity contribution in [2.24, 2.45) is 0 Å². The zero-order chi connectivity index (χ0) is 14.9. The molecule has 0 saturated heterocycles. The molecule has 0 aliphatic carbocycles. The van der Waals surface area contributed by atoms with Crippen LogP contribution in [0.25, 0.3) is 11.3 Å². The molecule has 21 heavy (non-hydrogen) atoms. The van der Waals surface area contributed by atoms with Crippen molar-refractivity contribution in [2.75, 3.05) is 6.54 Å². The number of hydrogen-bond donors (Lipinski definition) is 2. The number of nitrogens with zero attached hydrogens (tertiary/aromatic N) is 1. The van der Waals surface area contributed by atoms with E-state index in [1.54, 1.807) is 0 Å². The van der Waals surface area contributed by atoms with Gasteiger partial charge in [0, 0.05) is 12.1 Å². The standard InChI is InChI=1S/C18H25N3/c1-3-5-14-19-21-16(4-2)18-13-9-12-17(20-18)15-10-7-6-8-11-15/h6-13,16,19,21H,3-5,14H2,1-2H3. The summed E-state index contributed by atoms with van der Waals surface area (Å²) >= 11 is 0. The highest BCUT2D eigenvalue weighted by Crippen LogP contribution is 2.20. The average molecular weight is 283 g/mol. The summed E-state index contributed by atoms with van der Waals surface area (Å²) in [6.07, 6.45) is 3.39. The number of pyridine rings is 1. The molecule has 1 aromatic carbocycles. The summed E-state index contributed by atoms with van der Waals surface area (Å²) in [5.74, 6) is 0. The van der Waals surface area contributed by atoms with Gasteiger partial charge in [-0.15, -0.1) is 0 Å². The summed E-state index contributed by atoms with van der Waals surface area (Å²) in [5.41, 5.74) is 9.97. The lowest BCUT2D eigenvalue weighted by molar-refractivity contribution is 0.418. The van der Waals surface area contributed by atoms with Gasteiger partial charge in [-0.05, 0) is 25.0 Å². The third-order valence-electron chi connectivity index (χ3n) is 3.54. The molecule has 0 amide bonds. The molecule has 0 saturated carbocycles. The second-order valence-corrected chi connectivity index (χ2v) is 5.20. The molecule has 0 spiro atoms. The summed E-state index contributed by atoms with van der Waals surface area (Å²) in [6, 6.07) is 16.8. The van der Waals surface area contributed by atoms with Crippen molar-refractivity contribution in [1.82, 2.24) is 15.8 Å². The first-order chi connectivity index (χ1) is 10.3. The number of hydrazine groups is 1. The maximum atomic E-state index is 4.81. The second-order valence-electron chi connectivity index (χ2n) is 5.20. The van der Waals surface area contributed by atoms with Crippen LogP contribution in [0.1, 0.15) is 44.8 Å². The smallest absolute Gasteiger partial charge is 0.0706 e. The van der Waals surface area contributed by atoms with Crippen LogP contribution in [-0.4, -0.2) is 11.5 Å². The molecule has 3 nitrogen and oxygen atoms in total. The van der Waals surface area contributed by atoms with Crippen molar-refractivity contribution in [3.63, 3.8) is 0 Å². The van der Waals surface area contributed by atoms with Crippen LogP contribution in [-0.2, 0) is 0 Å². The highest BCUT2D eigenvalue weighted by atomic mass is 15.4. The fourth-order valence-electron chi connectivity index (χ4n) is 2.26. The Morgan fingerprint density at radius 3 is 2.52 bits per heavy atom. The minimum atomic E-state index is 0.241. The first kappa shape index (κ1) is 15.7. The van der Waals surface area contributed by atoms with Crippen LogP contribution in [0, 0.1) is 0 Å². The Morgan fingerprint density at radius 1 is 1.00 bits per heavy atom. The van der Waals surface area contributed by atoms with E-state index in [0.29, 0.717) is 0 Å². The lowest BCUT2D eigenvalue weighted by atomic mass is 10.1. The quantitative estimate of drug-likeness (QED) is 0.566. The zero-order valence-electron chi connectivity index (χ0n) is 13.0. The Balaban J connectivity index is 2.08. The monoisotopic (exact) mass is 283 g/mol. The summed E-state index contributed by atoms with van der Waals surface area (Å²) < 4.78 is 0. The van der Waals surface area contributed by atoms with Gasteiger partial charge in [0.05, 0.1) is 17.4 Å². The highest BCUT2D eigenvalue weighted by molar-refractivity contribution is 5.58. The van der Waals surface area contributed by atoms with E-state index in [0.717, 1.165) is 29.9 Å². The van der Waals surface area contributed by atoms with Crippen LogP contribution in [0.4, 0.5) is 0 Å². The van der Waals surface area contributed by atoms with E-state index in [9.17, 15) is 0 Å². The normalized spacial score (nSPS) is 12.3. The van der Waals surface area contributed by atoms with Gasteiger partial charge in [0.15, 0.2) is 0 Å². The fraction of sp³-hybridized carbons (Fsp3) is 0.389. The van der Waals surface area contributed by atoms with E-state index in [4.69, 9.17) is 4.98 Å². The molecule has 0 aliphatic rings. The number of aromatic nitrogens is 1. The van der Waals surface area contributed by atoms with Gasteiger partial charge in [0.1, 0.15) is 0 Å². The molecule has 1 aromatic heterocycles. The van der Waals surface area contributed by atoms with E-state index < -0.39 is 0 Å². The third kappa shape index (κ3) is 4.66. The maximum absolute atomic E-state index is 4.81. The Kier molecular flexibility index (Phi) is 6.38. The SMILES string of the molecule is CCCCNNC(CC)c1cccc(-c2ccccc2)n1. The first-order valence-corrected chi connectivity index (χ1v) is 7.86. The summed E-state index contributed by atoms with van der Waals surface area (Å²) in [5, 5.41) is 0. The van der Waals surface area contributed by atoms with Gasteiger partial charge in [-0.25, -0.2) is 5.43 Å². The maximum Gasteiger partial charge on any atom is 0.0706 e. The Bertz CT molecular complexity index is 525. The summed E-state index contributed by atoms with van der Waals surface area (Å²) in [6.45, 7) is 5.37. The largest absolute Gasteiger partial charge is 0.257 e. The topological polar surface area (TPSA) is 37.0 Å². The van der Waals surface area contributed by atoms with Crippen LogP contribution in [0.2, 0.25) is 0 Å². The van der Waals surface area contributed by atoms with E-state index in [1.807, 2.05) is 18.2 Å². The highest BCUT2D eigenvalue weighted by Gasteiger charge is 2.10. The number of hydrogen-bond acceptors (Lipinski definition) is 3. The van der Waals surface area contributed by atoms with Crippen LogP contribution in [0.15, 0.2) is 48.5 Å². The van der Waals surface area contributed by atoms with Gasteiger partial charge in [-0.1, -0.05) is 56.7 Å². The van der Waals surface area contributed by atoms with Crippen molar-refractivity contribution in [1.29, 1.82) is 0 Å². The van der Waals surface area contributed by atoms with Crippen molar-refractivity contribution in [3.8, 4) is 11.3 Å². The molecule has 2 N–H and O–H groups in total. The predicted octanol–water partition coefficient (Wildman–Crippen LogP) is 4.09. The number of rotatable bonds is 8. The number of nitrogens with one attached hydrogen (secondary N) is 2. The van der Waals surface area contributed by atoms with Gasteiger partial charge in [0.25, 0.3) is 0 Å². The third-order valence-corrected chi connectivity index (χ3v) is 3.54. The molecule has 1 heterocycles. The van der Waals surface area contributed by atoms with E-state index in [2.05, 4.69) is 55.0 Å².